The molecule has 1 saturated heterocycles. The van der Waals surface area contributed by atoms with E-state index < -0.39 is 29.6 Å². The predicted octanol–water partition coefficient (Wildman–Crippen LogP) is 5.82. The minimum Gasteiger partial charge on any atom is -0.465 e. The van der Waals surface area contributed by atoms with E-state index in [-0.39, 0.29) is 15.5 Å². The van der Waals surface area contributed by atoms with Crippen molar-refractivity contribution in [2.24, 2.45) is 0 Å². The van der Waals surface area contributed by atoms with Gasteiger partial charge in [0.2, 0.25) is 5.91 Å². The Bertz CT molecular complexity index is 1390. The average Bonchev–Trinajstić information content (AvgIpc) is 3.40. The lowest BCUT2D eigenvalue weighted by atomic mass is 10.1. The molecule has 0 unspecified atom stereocenters. The lowest BCUT2D eigenvalue weighted by Crippen LogP contribution is -2.36. The molecule has 0 atom stereocenters. The number of halogens is 2. The normalized spacial score (nSPS) is 14.5. The Balaban J connectivity index is 1.48. The van der Waals surface area contributed by atoms with Gasteiger partial charge in [-0.2, -0.15) is 0 Å². The molecular formula is C24H16BrClN2O6S. The third-order valence-electron chi connectivity index (χ3n) is 4.88. The molecular weight excluding hydrogens is 560 g/mol. The third kappa shape index (κ3) is 5.50. The lowest BCUT2D eigenvalue weighted by Gasteiger charge is -2.13. The second kappa shape index (κ2) is 10.5. The van der Waals surface area contributed by atoms with E-state index in [9.17, 15) is 19.2 Å². The van der Waals surface area contributed by atoms with Crippen LogP contribution in [0.5, 0.6) is 0 Å². The summed E-state index contributed by atoms with van der Waals surface area (Å²) in [5.74, 6) is -0.951. The second-order valence-electron chi connectivity index (χ2n) is 7.18. The second-order valence-corrected chi connectivity index (χ2v) is 9.44. The topological polar surface area (TPSA) is 106 Å². The summed E-state index contributed by atoms with van der Waals surface area (Å²) in [6.45, 7) is -0.423. The fourth-order valence-electron chi connectivity index (χ4n) is 3.19. The zero-order valence-corrected chi connectivity index (χ0v) is 21.2. The zero-order chi connectivity index (χ0) is 25.1. The van der Waals surface area contributed by atoms with Gasteiger partial charge in [-0.15, -0.1) is 0 Å². The molecule has 0 saturated carbocycles. The molecule has 3 aromatic rings. The number of thioether (sulfide) groups is 1. The first-order valence-corrected chi connectivity index (χ1v) is 12.0. The summed E-state index contributed by atoms with van der Waals surface area (Å²) in [6, 6.07) is 15.0. The molecule has 4 rings (SSSR count). The number of anilines is 1. The van der Waals surface area contributed by atoms with E-state index in [4.69, 9.17) is 20.8 Å². The highest BCUT2D eigenvalue weighted by molar-refractivity contribution is 9.10. The highest BCUT2D eigenvalue weighted by Gasteiger charge is 2.36. The van der Waals surface area contributed by atoms with Gasteiger partial charge in [-0.05, 0) is 70.2 Å². The molecule has 178 valence electrons. The van der Waals surface area contributed by atoms with Crippen molar-refractivity contribution in [3.05, 3.63) is 80.3 Å². The Hall–Kier alpha value is -3.34. The summed E-state index contributed by atoms with van der Waals surface area (Å²) in [4.78, 5) is 50.4. The Morgan fingerprint density at radius 2 is 1.94 bits per heavy atom. The van der Waals surface area contributed by atoms with Crippen LogP contribution in [0.4, 0.5) is 10.5 Å². The van der Waals surface area contributed by atoms with E-state index in [1.807, 2.05) is 0 Å². The van der Waals surface area contributed by atoms with Crippen LogP contribution in [0.15, 0.2) is 68.4 Å². The zero-order valence-electron chi connectivity index (χ0n) is 18.0. The van der Waals surface area contributed by atoms with Gasteiger partial charge in [-0.3, -0.25) is 19.3 Å². The minimum atomic E-state index is -0.598. The fourth-order valence-corrected chi connectivity index (χ4v) is 4.59. The van der Waals surface area contributed by atoms with Gasteiger partial charge in [0, 0.05) is 16.1 Å². The summed E-state index contributed by atoms with van der Waals surface area (Å²) in [5, 5.41) is 2.34. The molecule has 3 amide bonds. The van der Waals surface area contributed by atoms with E-state index in [1.54, 1.807) is 48.5 Å². The van der Waals surface area contributed by atoms with Crippen molar-refractivity contribution in [2.75, 3.05) is 19.0 Å². The number of hydrogen-bond donors (Lipinski definition) is 1. The molecule has 1 N–H and O–H groups in total. The molecule has 0 radical (unpaired) electrons. The molecule has 1 aromatic heterocycles. The van der Waals surface area contributed by atoms with Gasteiger partial charge in [-0.1, -0.05) is 23.7 Å². The summed E-state index contributed by atoms with van der Waals surface area (Å²) in [7, 11) is 1.26. The maximum atomic E-state index is 12.8. The van der Waals surface area contributed by atoms with Gasteiger partial charge in [0.1, 0.15) is 18.1 Å². The summed E-state index contributed by atoms with van der Waals surface area (Å²) < 4.78 is 11.2. The smallest absolute Gasteiger partial charge is 0.339 e. The van der Waals surface area contributed by atoms with Crippen molar-refractivity contribution in [2.45, 2.75) is 0 Å². The molecule has 0 bridgehead atoms. The number of esters is 1. The van der Waals surface area contributed by atoms with Crippen molar-refractivity contribution >= 4 is 74.1 Å². The van der Waals surface area contributed by atoms with Crippen LogP contribution in [0.25, 0.3) is 17.4 Å². The van der Waals surface area contributed by atoms with E-state index in [0.717, 1.165) is 4.90 Å². The number of rotatable bonds is 6. The predicted molar refractivity (Wildman–Crippen MR) is 136 cm³/mol. The van der Waals surface area contributed by atoms with Gasteiger partial charge < -0.3 is 14.5 Å². The number of nitrogens with zero attached hydrogens (tertiary/aromatic N) is 1. The number of benzene rings is 2. The van der Waals surface area contributed by atoms with Crippen molar-refractivity contribution < 1.29 is 28.3 Å². The van der Waals surface area contributed by atoms with Crippen LogP contribution in [0.3, 0.4) is 0 Å². The largest absolute Gasteiger partial charge is 0.465 e. The highest BCUT2D eigenvalue weighted by atomic mass is 79.9. The molecule has 8 nitrogen and oxygen atoms in total. The van der Waals surface area contributed by atoms with Crippen LogP contribution in [-0.2, 0) is 14.3 Å². The van der Waals surface area contributed by atoms with Crippen LogP contribution in [0.1, 0.15) is 16.1 Å². The molecule has 35 heavy (non-hydrogen) atoms. The van der Waals surface area contributed by atoms with Crippen LogP contribution >= 0.6 is 39.3 Å². The van der Waals surface area contributed by atoms with Crippen molar-refractivity contribution in [1.82, 2.24) is 4.90 Å². The first kappa shape index (κ1) is 24.8. The van der Waals surface area contributed by atoms with Crippen LogP contribution in [-0.4, -0.2) is 41.6 Å². The number of para-hydroxylation sites is 1. The number of amides is 3. The number of methoxy groups -OCH3 is 1. The van der Waals surface area contributed by atoms with Gasteiger partial charge in [0.05, 0.1) is 28.3 Å². The third-order valence-corrected chi connectivity index (χ3v) is 6.81. The molecule has 0 spiro atoms. The number of carbonyl (C=O) groups is 4. The van der Waals surface area contributed by atoms with Crippen molar-refractivity contribution in [1.29, 1.82) is 0 Å². The molecule has 2 heterocycles. The van der Waals surface area contributed by atoms with E-state index in [0.29, 0.717) is 39.0 Å². The van der Waals surface area contributed by atoms with E-state index in [1.165, 1.54) is 19.3 Å². The van der Waals surface area contributed by atoms with E-state index in [2.05, 4.69) is 21.2 Å². The maximum Gasteiger partial charge on any atom is 0.339 e. The first-order valence-electron chi connectivity index (χ1n) is 10.0. The minimum absolute atomic E-state index is 0.121. The average molecular weight is 576 g/mol. The van der Waals surface area contributed by atoms with Crippen LogP contribution in [0.2, 0.25) is 5.02 Å². The number of hydrogen-bond acceptors (Lipinski definition) is 7. The standard InChI is InChI=1S/C24H16BrClN2O6S/c1-33-23(31)15-10-13(6-8-17(15)26)19-9-7-14(34-19)11-20-22(30)28(24(32)35-20)12-21(29)27-18-5-3-2-4-16(18)25/h2-11H,12H2,1H3,(H,27,29)/b20-11+. The molecule has 2 aromatic carbocycles. The van der Waals surface area contributed by atoms with Crippen molar-refractivity contribution in [3.8, 4) is 11.3 Å². The molecule has 11 heteroatoms. The van der Waals surface area contributed by atoms with Crippen LogP contribution in [0, 0.1) is 0 Å². The maximum absolute atomic E-state index is 12.8. The monoisotopic (exact) mass is 574 g/mol. The van der Waals surface area contributed by atoms with Crippen LogP contribution < -0.4 is 5.32 Å². The fraction of sp³-hybridized carbons (Fsp3) is 0.0833. The van der Waals surface area contributed by atoms with Gasteiger partial charge >= 0.3 is 5.97 Å². The van der Waals surface area contributed by atoms with Gasteiger partial charge in [0.15, 0.2) is 0 Å². The molecule has 1 aliphatic rings. The van der Waals surface area contributed by atoms with Crippen molar-refractivity contribution in [3.63, 3.8) is 0 Å². The Morgan fingerprint density at radius 3 is 2.69 bits per heavy atom. The Kier molecular flexibility index (Phi) is 7.44. The molecule has 0 aliphatic carbocycles. The number of imide groups is 1. The lowest BCUT2D eigenvalue weighted by molar-refractivity contribution is -0.127. The summed E-state index contributed by atoms with van der Waals surface area (Å²) in [5.41, 5.74) is 1.29. The quantitative estimate of drug-likeness (QED) is 0.291. The van der Waals surface area contributed by atoms with Gasteiger partial charge in [-0.25, -0.2) is 4.79 Å². The highest BCUT2D eigenvalue weighted by Crippen LogP contribution is 2.34. The van der Waals surface area contributed by atoms with E-state index >= 15 is 0 Å². The molecule has 1 aliphatic heterocycles. The first-order chi connectivity index (χ1) is 16.8. The SMILES string of the molecule is COC(=O)c1cc(-c2ccc(/C=C3/SC(=O)N(CC(=O)Nc4ccccc4Br)C3=O)o2)ccc1Cl. The number of nitrogens with one attached hydrogen (secondary N) is 1. The summed E-state index contributed by atoms with van der Waals surface area (Å²) >= 11 is 10.1. The summed E-state index contributed by atoms with van der Waals surface area (Å²) in [6.07, 6.45) is 1.43. The number of carbonyl (C=O) groups excluding carboxylic acids is 4. The Labute approximate surface area is 217 Å². The Morgan fingerprint density at radius 1 is 1.17 bits per heavy atom. The van der Waals surface area contributed by atoms with Gasteiger partial charge in [0.25, 0.3) is 11.1 Å². The molecule has 1 fully saturated rings. The number of ether oxygens (including phenoxy) is 1. The number of furan rings is 1.